The highest BCUT2D eigenvalue weighted by atomic mass is 16.5. The van der Waals surface area contributed by atoms with Crippen molar-refractivity contribution in [3.8, 4) is 0 Å². The van der Waals surface area contributed by atoms with Crippen LogP contribution in [-0.2, 0) is 19.1 Å². The fourth-order valence-electron chi connectivity index (χ4n) is 1.82. The Morgan fingerprint density at radius 3 is 2.70 bits per heavy atom. The van der Waals surface area contributed by atoms with Crippen molar-refractivity contribution < 1.29 is 29.0 Å². The van der Waals surface area contributed by atoms with Gasteiger partial charge in [-0.2, -0.15) is 0 Å². The van der Waals surface area contributed by atoms with Crippen LogP contribution in [0.3, 0.4) is 0 Å². The number of imide groups is 1. The Labute approximate surface area is 116 Å². The average Bonchev–Trinajstić information content (AvgIpc) is 2.39. The zero-order valence-electron chi connectivity index (χ0n) is 11.2. The van der Waals surface area contributed by atoms with Crippen molar-refractivity contribution in [3.05, 3.63) is 0 Å². The van der Waals surface area contributed by atoms with Crippen LogP contribution in [0.2, 0.25) is 0 Å². The van der Waals surface area contributed by atoms with Crippen molar-refractivity contribution in [2.45, 2.75) is 31.8 Å². The number of hydrogen-bond acceptors (Lipinski definition) is 5. The summed E-state index contributed by atoms with van der Waals surface area (Å²) < 4.78 is 10.0. The molecule has 0 aromatic heterocycles. The van der Waals surface area contributed by atoms with Crippen molar-refractivity contribution in [1.29, 1.82) is 0 Å². The molecule has 0 aliphatic carbocycles. The molecule has 3 amide bonds. The van der Waals surface area contributed by atoms with Gasteiger partial charge in [0.1, 0.15) is 13.2 Å². The number of nitrogens with one attached hydrogen (secondary N) is 2. The van der Waals surface area contributed by atoms with Crippen molar-refractivity contribution in [1.82, 2.24) is 10.6 Å². The van der Waals surface area contributed by atoms with E-state index in [1.807, 2.05) is 5.32 Å². The summed E-state index contributed by atoms with van der Waals surface area (Å²) in [4.78, 5) is 32.7. The lowest BCUT2D eigenvalue weighted by Gasteiger charge is -2.22. The van der Waals surface area contributed by atoms with E-state index in [2.05, 4.69) is 10.1 Å². The molecule has 8 heteroatoms. The Hall–Kier alpha value is -1.67. The molecule has 1 rings (SSSR count). The Morgan fingerprint density at radius 1 is 1.25 bits per heavy atom. The summed E-state index contributed by atoms with van der Waals surface area (Å²) in [5.74, 6) is -1.85. The Kier molecular flexibility index (Phi) is 7.59. The second-order valence-electron chi connectivity index (χ2n) is 4.47. The number of ether oxygens (including phenoxy) is 2. The van der Waals surface area contributed by atoms with Crippen molar-refractivity contribution in [2.75, 3.05) is 26.4 Å². The first-order chi connectivity index (χ1) is 9.58. The maximum atomic E-state index is 11.3. The molecule has 0 spiro atoms. The van der Waals surface area contributed by atoms with E-state index < -0.39 is 31.1 Å². The van der Waals surface area contributed by atoms with Gasteiger partial charge >= 0.3 is 12.0 Å². The third-order valence-corrected chi connectivity index (χ3v) is 2.74. The van der Waals surface area contributed by atoms with Crippen LogP contribution >= 0.6 is 0 Å². The first-order valence-electron chi connectivity index (χ1n) is 6.56. The number of amides is 3. The third-order valence-electron chi connectivity index (χ3n) is 2.74. The van der Waals surface area contributed by atoms with Crippen LogP contribution in [0.25, 0.3) is 0 Å². The van der Waals surface area contributed by atoms with Gasteiger partial charge in [0.25, 0.3) is 5.91 Å². The van der Waals surface area contributed by atoms with Gasteiger partial charge < -0.3 is 19.9 Å². The van der Waals surface area contributed by atoms with Gasteiger partial charge in [-0.05, 0) is 25.7 Å². The predicted octanol–water partition coefficient (Wildman–Crippen LogP) is -0.127. The molecule has 20 heavy (non-hydrogen) atoms. The van der Waals surface area contributed by atoms with Crippen LogP contribution in [0.15, 0.2) is 0 Å². The average molecular weight is 288 g/mol. The van der Waals surface area contributed by atoms with Crippen LogP contribution in [0, 0.1) is 0 Å². The summed E-state index contributed by atoms with van der Waals surface area (Å²) >= 11 is 0. The number of urea groups is 1. The van der Waals surface area contributed by atoms with E-state index in [0.29, 0.717) is 13.0 Å². The highest BCUT2D eigenvalue weighted by molar-refractivity contribution is 5.94. The standard InChI is InChI=1S/C12H20N2O6/c15-10(7-19-8-11(16)17)14-12(18)13-5-4-9-3-1-2-6-20-9/h9H,1-8H2,(H,16,17)(H2,13,14,15,18). The Bertz CT molecular complexity index is 341. The van der Waals surface area contributed by atoms with Gasteiger partial charge in [0.2, 0.25) is 0 Å². The van der Waals surface area contributed by atoms with E-state index in [1.165, 1.54) is 0 Å². The summed E-state index contributed by atoms with van der Waals surface area (Å²) in [6.45, 7) is 0.134. The molecule has 0 bridgehead atoms. The van der Waals surface area contributed by atoms with Crippen LogP contribution in [0.5, 0.6) is 0 Å². The number of hydrogen-bond donors (Lipinski definition) is 3. The van der Waals surface area contributed by atoms with E-state index in [-0.39, 0.29) is 6.10 Å². The third kappa shape index (κ3) is 7.70. The number of rotatable bonds is 7. The molecule has 114 valence electrons. The first kappa shape index (κ1) is 16.4. The lowest BCUT2D eigenvalue weighted by atomic mass is 10.1. The van der Waals surface area contributed by atoms with Gasteiger partial charge in [-0.3, -0.25) is 10.1 Å². The summed E-state index contributed by atoms with van der Waals surface area (Å²) in [6.07, 6.45) is 4.08. The Morgan fingerprint density at radius 2 is 2.05 bits per heavy atom. The SMILES string of the molecule is O=C(O)COCC(=O)NC(=O)NCCC1CCCCO1. The van der Waals surface area contributed by atoms with Gasteiger partial charge in [-0.15, -0.1) is 0 Å². The molecule has 8 nitrogen and oxygen atoms in total. The zero-order chi connectivity index (χ0) is 14.8. The van der Waals surface area contributed by atoms with Gasteiger partial charge in [0.05, 0.1) is 6.10 Å². The maximum absolute atomic E-state index is 11.3. The second-order valence-corrected chi connectivity index (χ2v) is 4.47. The summed E-state index contributed by atoms with van der Waals surface area (Å²) in [6, 6.07) is -0.621. The minimum atomic E-state index is -1.17. The molecule has 0 radical (unpaired) electrons. The maximum Gasteiger partial charge on any atom is 0.329 e. The molecule has 0 aromatic carbocycles. The fourth-order valence-corrected chi connectivity index (χ4v) is 1.82. The van der Waals surface area contributed by atoms with E-state index in [9.17, 15) is 14.4 Å². The lowest BCUT2D eigenvalue weighted by molar-refractivity contribution is -0.143. The molecule has 1 aliphatic rings. The number of carboxylic acids is 1. The van der Waals surface area contributed by atoms with Gasteiger partial charge in [0.15, 0.2) is 0 Å². The minimum Gasteiger partial charge on any atom is -0.480 e. The van der Waals surface area contributed by atoms with Gasteiger partial charge in [0, 0.05) is 13.2 Å². The first-order valence-corrected chi connectivity index (χ1v) is 6.56. The monoisotopic (exact) mass is 288 g/mol. The van der Waals surface area contributed by atoms with E-state index in [4.69, 9.17) is 9.84 Å². The molecule has 0 aromatic rings. The van der Waals surface area contributed by atoms with Crippen LogP contribution in [0.4, 0.5) is 4.79 Å². The highest BCUT2D eigenvalue weighted by Crippen LogP contribution is 2.14. The summed E-state index contributed by atoms with van der Waals surface area (Å²) in [5, 5.41) is 12.9. The van der Waals surface area contributed by atoms with Crippen molar-refractivity contribution in [3.63, 3.8) is 0 Å². The van der Waals surface area contributed by atoms with E-state index in [1.54, 1.807) is 0 Å². The van der Waals surface area contributed by atoms with Crippen LogP contribution < -0.4 is 10.6 Å². The molecule has 1 saturated heterocycles. The minimum absolute atomic E-state index is 0.165. The van der Waals surface area contributed by atoms with Crippen LogP contribution in [0.1, 0.15) is 25.7 Å². The highest BCUT2D eigenvalue weighted by Gasteiger charge is 2.14. The molecule has 1 aliphatic heterocycles. The lowest BCUT2D eigenvalue weighted by Crippen LogP contribution is -2.42. The Balaban J connectivity index is 2.04. The fraction of sp³-hybridized carbons (Fsp3) is 0.750. The molecule has 1 heterocycles. The number of carbonyl (C=O) groups is 3. The van der Waals surface area contributed by atoms with Crippen molar-refractivity contribution in [2.24, 2.45) is 0 Å². The smallest absolute Gasteiger partial charge is 0.329 e. The van der Waals surface area contributed by atoms with Gasteiger partial charge in [-0.1, -0.05) is 0 Å². The van der Waals surface area contributed by atoms with Crippen LogP contribution in [-0.4, -0.2) is 55.5 Å². The largest absolute Gasteiger partial charge is 0.480 e. The summed E-state index contributed by atoms with van der Waals surface area (Å²) in [7, 11) is 0. The molecule has 1 atom stereocenters. The van der Waals surface area contributed by atoms with Crippen molar-refractivity contribution >= 4 is 17.9 Å². The number of aliphatic carboxylic acids is 1. The quantitative estimate of drug-likeness (QED) is 0.601. The number of carboxylic acid groups (broad SMARTS) is 1. The second kappa shape index (κ2) is 9.27. The molecule has 0 saturated carbocycles. The molecular formula is C12H20N2O6. The van der Waals surface area contributed by atoms with E-state index in [0.717, 1.165) is 25.9 Å². The van der Waals surface area contributed by atoms with Gasteiger partial charge in [-0.25, -0.2) is 9.59 Å². The topological polar surface area (TPSA) is 114 Å². The molecule has 1 fully saturated rings. The van der Waals surface area contributed by atoms with E-state index >= 15 is 0 Å². The normalized spacial score (nSPS) is 18.3. The summed E-state index contributed by atoms with van der Waals surface area (Å²) in [5.41, 5.74) is 0. The number of carbonyl (C=O) groups excluding carboxylic acids is 2. The molecular weight excluding hydrogens is 268 g/mol. The molecule has 1 unspecified atom stereocenters. The molecule has 3 N–H and O–H groups in total. The zero-order valence-corrected chi connectivity index (χ0v) is 11.2. The predicted molar refractivity (Wildman–Crippen MR) is 68.2 cm³/mol.